The van der Waals surface area contributed by atoms with Gasteiger partial charge in [0, 0.05) is 13.8 Å². The predicted molar refractivity (Wildman–Crippen MR) is 265 cm³/mol. The molecular formula is C58H64O14. The van der Waals surface area contributed by atoms with E-state index in [2.05, 4.69) is 0 Å². The van der Waals surface area contributed by atoms with Crippen LogP contribution in [0.1, 0.15) is 47.2 Å². The highest BCUT2D eigenvalue weighted by molar-refractivity contribution is 5.66. The van der Waals surface area contributed by atoms with Crippen molar-refractivity contribution in [3.8, 4) is 0 Å². The number of hydrogen-bond donors (Lipinski definition) is 2. The molecule has 2 saturated heterocycles. The minimum Gasteiger partial charge on any atom is -0.457 e. The number of carbonyl (C=O) groups is 2. The lowest BCUT2D eigenvalue weighted by Crippen LogP contribution is -2.62. The molecule has 2 unspecified atom stereocenters. The maximum absolute atomic E-state index is 12.2. The van der Waals surface area contributed by atoms with Crippen LogP contribution in [0.2, 0.25) is 0 Å². The van der Waals surface area contributed by atoms with Gasteiger partial charge >= 0.3 is 11.9 Å². The molecule has 2 fully saturated rings. The van der Waals surface area contributed by atoms with E-state index in [4.69, 9.17) is 47.4 Å². The smallest absolute Gasteiger partial charge is 0.305 e. The van der Waals surface area contributed by atoms with Gasteiger partial charge in [-0.05, 0) is 33.4 Å². The number of aliphatic hydroxyl groups excluding tert-OH is 2. The number of carbonyl (C=O) groups excluding carboxylic acids is 2. The molecule has 6 aromatic rings. The monoisotopic (exact) mass is 984 g/mol. The molecule has 380 valence electrons. The van der Waals surface area contributed by atoms with Crippen LogP contribution in [0.15, 0.2) is 182 Å². The van der Waals surface area contributed by atoms with Gasteiger partial charge in [-0.25, -0.2) is 0 Å². The first-order chi connectivity index (χ1) is 35.2. The quantitative estimate of drug-likeness (QED) is 0.0628. The van der Waals surface area contributed by atoms with Gasteiger partial charge < -0.3 is 57.6 Å². The van der Waals surface area contributed by atoms with E-state index in [0.717, 1.165) is 33.4 Å². The number of hydrogen-bond acceptors (Lipinski definition) is 14. The molecule has 0 spiro atoms. The first-order valence-electron chi connectivity index (χ1n) is 24.1. The highest BCUT2D eigenvalue weighted by Crippen LogP contribution is 2.32. The standard InChI is InChI=1S/C31H34O8.C27H30O6/c1-22(32)37-28-27(21-34-18-24-12-6-3-7-13-24)39-31(38-23(2)33)30(36-20-26-16-10-5-11-17-26)29(28)35-19-25-14-8-4-9-15-25;28-24-23(19-30-16-20-10-4-1-5-11-20)33-27(29)26(32-18-22-14-8-3-9-15-22)25(24)31-17-21-12-6-2-7-13-21/h3-17,27-31H,18-21H2,1-2H3;1-15,23-29H,16-19H2/t27-,28+,29+,30-,31?;23-,24+,25+,26-,27?/m11/s1. The first-order valence-corrected chi connectivity index (χ1v) is 24.1. The fourth-order valence-electron chi connectivity index (χ4n) is 8.19. The van der Waals surface area contributed by atoms with Crippen molar-refractivity contribution in [1.29, 1.82) is 0 Å². The topological polar surface area (TPSA) is 167 Å². The van der Waals surface area contributed by atoms with Crippen molar-refractivity contribution >= 4 is 11.9 Å². The van der Waals surface area contributed by atoms with Crippen molar-refractivity contribution < 1.29 is 67.2 Å². The largest absolute Gasteiger partial charge is 0.457 e. The van der Waals surface area contributed by atoms with Crippen molar-refractivity contribution in [2.75, 3.05) is 13.2 Å². The minimum absolute atomic E-state index is 0.0706. The molecule has 0 aromatic heterocycles. The van der Waals surface area contributed by atoms with E-state index < -0.39 is 73.4 Å². The summed E-state index contributed by atoms with van der Waals surface area (Å²) in [6.07, 6.45) is -9.15. The maximum atomic E-state index is 12.2. The average Bonchev–Trinajstić information content (AvgIpc) is 3.40. The molecule has 0 bridgehead atoms. The summed E-state index contributed by atoms with van der Waals surface area (Å²) < 4.78 is 59.6. The van der Waals surface area contributed by atoms with Crippen LogP contribution in [0.5, 0.6) is 0 Å². The van der Waals surface area contributed by atoms with Gasteiger partial charge in [-0.2, -0.15) is 0 Å². The van der Waals surface area contributed by atoms with Gasteiger partial charge in [0.05, 0.1) is 52.9 Å². The summed E-state index contributed by atoms with van der Waals surface area (Å²) in [5.41, 5.74) is 5.75. The highest BCUT2D eigenvalue weighted by Gasteiger charge is 2.51. The first kappa shape index (κ1) is 53.7. The van der Waals surface area contributed by atoms with Crippen molar-refractivity contribution in [1.82, 2.24) is 0 Å². The second kappa shape index (κ2) is 28.8. The molecule has 8 rings (SSSR count). The van der Waals surface area contributed by atoms with Crippen LogP contribution in [0, 0.1) is 0 Å². The summed E-state index contributed by atoms with van der Waals surface area (Å²) >= 11 is 0. The zero-order chi connectivity index (χ0) is 50.3. The normalized spacial score (nSPS) is 23.8. The number of rotatable bonds is 22. The Morgan fingerprint density at radius 2 is 0.722 bits per heavy atom. The van der Waals surface area contributed by atoms with Crippen molar-refractivity contribution in [2.45, 2.75) is 115 Å². The van der Waals surface area contributed by atoms with Crippen LogP contribution < -0.4 is 0 Å². The van der Waals surface area contributed by atoms with Gasteiger partial charge in [0.25, 0.3) is 0 Å². The van der Waals surface area contributed by atoms with E-state index in [-0.39, 0.29) is 39.6 Å². The number of aliphatic hydroxyl groups is 2. The Morgan fingerprint density at radius 1 is 0.389 bits per heavy atom. The molecule has 2 aliphatic rings. The fourth-order valence-corrected chi connectivity index (χ4v) is 8.19. The van der Waals surface area contributed by atoms with Crippen LogP contribution >= 0.6 is 0 Å². The zero-order valence-corrected chi connectivity index (χ0v) is 40.5. The van der Waals surface area contributed by atoms with Gasteiger partial charge in [0.2, 0.25) is 6.29 Å². The van der Waals surface area contributed by atoms with Gasteiger partial charge in [-0.15, -0.1) is 0 Å². The van der Waals surface area contributed by atoms with Crippen LogP contribution in [-0.4, -0.2) is 96.8 Å². The molecule has 10 atom stereocenters. The number of ether oxygens (including phenoxy) is 10. The lowest BCUT2D eigenvalue weighted by molar-refractivity contribution is -0.314. The summed E-state index contributed by atoms with van der Waals surface area (Å²) in [5.74, 6) is -1.04. The Kier molecular flexibility index (Phi) is 21.5. The Bertz CT molecular complexity index is 2430. The van der Waals surface area contributed by atoms with Crippen LogP contribution in [0.3, 0.4) is 0 Å². The Hall–Kier alpha value is -6.14. The third-order valence-corrected chi connectivity index (χ3v) is 11.7. The summed E-state index contributed by atoms with van der Waals surface area (Å²) in [7, 11) is 0. The lowest BCUT2D eigenvalue weighted by atomic mass is 9.98. The summed E-state index contributed by atoms with van der Waals surface area (Å²) in [4.78, 5) is 24.3. The fraction of sp³-hybridized carbons (Fsp3) is 0.345. The summed E-state index contributed by atoms with van der Waals surface area (Å²) in [5, 5.41) is 21.8. The molecule has 2 heterocycles. The van der Waals surface area contributed by atoms with E-state index in [1.807, 2.05) is 182 Å². The zero-order valence-electron chi connectivity index (χ0n) is 40.5. The molecule has 0 saturated carbocycles. The van der Waals surface area contributed by atoms with Crippen molar-refractivity contribution in [3.63, 3.8) is 0 Å². The predicted octanol–water partition coefficient (Wildman–Crippen LogP) is 8.05. The third-order valence-electron chi connectivity index (χ3n) is 11.7. The van der Waals surface area contributed by atoms with Crippen molar-refractivity contribution in [3.05, 3.63) is 215 Å². The van der Waals surface area contributed by atoms with E-state index in [1.54, 1.807) is 0 Å². The van der Waals surface area contributed by atoms with Gasteiger partial charge in [-0.3, -0.25) is 9.59 Å². The summed E-state index contributed by atoms with van der Waals surface area (Å²) in [6, 6.07) is 58.0. The van der Waals surface area contributed by atoms with E-state index in [9.17, 15) is 19.8 Å². The minimum atomic E-state index is -1.26. The second-order valence-corrected chi connectivity index (χ2v) is 17.3. The Morgan fingerprint density at radius 3 is 1.11 bits per heavy atom. The lowest BCUT2D eigenvalue weighted by Gasteiger charge is -2.44. The SMILES string of the molecule is CC(=O)OC1O[C@H](COCc2ccccc2)[C@H](OC(C)=O)[C@H](OCc2ccccc2)[C@H]1OCc1ccccc1.OC1O[C@H](COCc2ccccc2)[C@H](O)[C@H](OCc2ccccc2)[C@H]1OCc1ccccc1. The Balaban J connectivity index is 0.000000214. The van der Waals surface area contributed by atoms with E-state index in [0.29, 0.717) is 13.2 Å². The van der Waals surface area contributed by atoms with Crippen LogP contribution in [0.4, 0.5) is 0 Å². The van der Waals surface area contributed by atoms with Gasteiger partial charge in [0.15, 0.2) is 18.5 Å². The van der Waals surface area contributed by atoms with Gasteiger partial charge in [0.1, 0.15) is 36.6 Å². The molecule has 0 radical (unpaired) electrons. The Labute approximate surface area is 421 Å². The van der Waals surface area contributed by atoms with E-state index >= 15 is 0 Å². The maximum Gasteiger partial charge on any atom is 0.305 e. The highest BCUT2D eigenvalue weighted by atomic mass is 16.7. The average molecular weight is 985 g/mol. The molecular weight excluding hydrogens is 921 g/mol. The second-order valence-electron chi connectivity index (χ2n) is 17.3. The molecule has 6 aromatic carbocycles. The molecule has 14 nitrogen and oxygen atoms in total. The molecule has 0 aliphatic carbocycles. The number of benzene rings is 6. The molecule has 2 N–H and O–H groups in total. The molecule has 2 aliphatic heterocycles. The molecule has 14 heteroatoms. The molecule has 72 heavy (non-hydrogen) atoms. The van der Waals surface area contributed by atoms with Crippen molar-refractivity contribution in [2.24, 2.45) is 0 Å². The van der Waals surface area contributed by atoms with Crippen LogP contribution in [-0.2, 0) is 96.6 Å². The van der Waals surface area contributed by atoms with Crippen LogP contribution in [0.25, 0.3) is 0 Å². The third kappa shape index (κ3) is 17.0. The van der Waals surface area contributed by atoms with Gasteiger partial charge in [-0.1, -0.05) is 182 Å². The number of esters is 2. The molecule has 0 amide bonds. The van der Waals surface area contributed by atoms with E-state index in [1.165, 1.54) is 13.8 Å². The summed E-state index contributed by atoms with van der Waals surface area (Å²) in [6.45, 7) is 4.49.